The van der Waals surface area contributed by atoms with Gasteiger partial charge in [0.1, 0.15) is 0 Å². The zero-order valence-corrected chi connectivity index (χ0v) is 13.4. The van der Waals surface area contributed by atoms with Crippen molar-refractivity contribution in [3.8, 4) is 0 Å². The second-order valence-electron chi connectivity index (χ2n) is 6.11. The summed E-state index contributed by atoms with van der Waals surface area (Å²) in [6.07, 6.45) is 1.23. The Balaban J connectivity index is 1.91. The average molecular weight is 289 g/mol. The fourth-order valence-electron chi connectivity index (χ4n) is 2.67. The van der Waals surface area contributed by atoms with Crippen LogP contribution >= 0.6 is 0 Å². The van der Waals surface area contributed by atoms with Gasteiger partial charge in [-0.3, -0.25) is 9.69 Å². The number of nitrogens with zero attached hydrogens (tertiary/aromatic N) is 2. The maximum Gasteiger partial charge on any atom is 0.256 e. The van der Waals surface area contributed by atoms with Crippen LogP contribution in [0.15, 0.2) is 24.3 Å². The zero-order chi connectivity index (χ0) is 15.2. The molecule has 1 heterocycles. The van der Waals surface area contributed by atoms with Crippen molar-refractivity contribution in [1.82, 2.24) is 9.80 Å². The highest BCUT2D eigenvalue weighted by molar-refractivity contribution is 5.99. The minimum atomic E-state index is 0.142. The maximum atomic E-state index is 12.6. The van der Waals surface area contributed by atoms with Crippen molar-refractivity contribution in [3.05, 3.63) is 29.8 Å². The molecule has 0 spiro atoms. The van der Waals surface area contributed by atoms with Crippen molar-refractivity contribution in [1.29, 1.82) is 0 Å². The summed E-state index contributed by atoms with van der Waals surface area (Å²) in [6, 6.07) is 7.73. The number of piperazine rings is 1. The number of para-hydroxylation sites is 1. The molecule has 0 atom stereocenters. The van der Waals surface area contributed by atoms with Gasteiger partial charge in [-0.05, 0) is 31.0 Å². The molecule has 1 aromatic rings. The molecule has 1 fully saturated rings. The van der Waals surface area contributed by atoms with Crippen LogP contribution in [0.25, 0.3) is 0 Å². The summed E-state index contributed by atoms with van der Waals surface area (Å²) in [5.74, 6) is 0.885. The monoisotopic (exact) mass is 289 g/mol. The van der Waals surface area contributed by atoms with Gasteiger partial charge in [0.05, 0.1) is 5.56 Å². The Morgan fingerprint density at radius 1 is 1.19 bits per heavy atom. The number of rotatable bonds is 5. The van der Waals surface area contributed by atoms with Crippen LogP contribution in [-0.4, -0.2) is 55.5 Å². The molecule has 0 bridgehead atoms. The lowest BCUT2D eigenvalue weighted by Crippen LogP contribution is -2.49. The molecule has 0 aliphatic carbocycles. The lowest BCUT2D eigenvalue weighted by Gasteiger charge is -2.35. The molecular weight excluding hydrogens is 262 g/mol. The van der Waals surface area contributed by atoms with E-state index in [1.807, 2.05) is 36.2 Å². The van der Waals surface area contributed by atoms with Gasteiger partial charge in [-0.15, -0.1) is 0 Å². The van der Waals surface area contributed by atoms with Gasteiger partial charge in [0.2, 0.25) is 0 Å². The van der Waals surface area contributed by atoms with Gasteiger partial charge in [-0.1, -0.05) is 26.0 Å². The molecule has 21 heavy (non-hydrogen) atoms. The third kappa shape index (κ3) is 4.21. The number of amides is 1. The van der Waals surface area contributed by atoms with E-state index in [2.05, 4.69) is 24.1 Å². The molecule has 1 N–H and O–H groups in total. The lowest BCUT2D eigenvalue weighted by molar-refractivity contribution is 0.0633. The van der Waals surface area contributed by atoms with E-state index in [4.69, 9.17) is 0 Å². The first kappa shape index (κ1) is 15.8. The van der Waals surface area contributed by atoms with Gasteiger partial charge in [0, 0.05) is 38.9 Å². The topological polar surface area (TPSA) is 35.6 Å². The summed E-state index contributed by atoms with van der Waals surface area (Å²) in [5.41, 5.74) is 1.68. The van der Waals surface area contributed by atoms with Gasteiger partial charge in [-0.2, -0.15) is 0 Å². The Hall–Kier alpha value is -1.55. The van der Waals surface area contributed by atoms with Crippen molar-refractivity contribution >= 4 is 11.6 Å². The van der Waals surface area contributed by atoms with Crippen molar-refractivity contribution in [2.24, 2.45) is 5.92 Å². The minimum absolute atomic E-state index is 0.142. The highest BCUT2D eigenvalue weighted by Gasteiger charge is 2.23. The Kier molecular flexibility index (Phi) is 5.62. The lowest BCUT2D eigenvalue weighted by atomic mass is 10.1. The quantitative estimate of drug-likeness (QED) is 0.905. The molecule has 1 aromatic carbocycles. The van der Waals surface area contributed by atoms with Crippen LogP contribution in [0.5, 0.6) is 0 Å². The van der Waals surface area contributed by atoms with E-state index in [1.54, 1.807) is 0 Å². The zero-order valence-electron chi connectivity index (χ0n) is 13.4. The fraction of sp³-hybridized carbons (Fsp3) is 0.588. The predicted molar refractivity (Wildman–Crippen MR) is 87.8 cm³/mol. The van der Waals surface area contributed by atoms with Crippen LogP contribution < -0.4 is 5.32 Å². The average Bonchev–Trinajstić information content (AvgIpc) is 2.52. The van der Waals surface area contributed by atoms with Crippen LogP contribution in [0.1, 0.15) is 30.6 Å². The Bertz CT molecular complexity index is 465. The van der Waals surface area contributed by atoms with Crippen LogP contribution in [0, 0.1) is 5.92 Å². The number of nitrogens with one attached hydrogen (secondary N) is 1. The number of anilines is 1. The summed E-state index contributed by atoms with van der Waals surface area (Å²) in [7, 11) is 1.86. The predicted octanol–water partition coefficient (Wildman–Crippen LogP) is 2.53. The number of carbonyl (C=O) groups excluding carboxylic acids is 1. The minimum Gasteiger partial charge on any atom is -0.387 e. The largest absolute Gasteiger partial charge is 0.387 e. The van der Waals surface area contributed by atoms with Gasteiger partial charge in [0.25, 0.3) is 5.91 Å². The van der Waals surface area contributed by atoms with Gasteiger partial charge in [0.15, 0.2) is 0 Å². The SMILES string of the molecule is CNc1ccccc1C(=O)N1CCN(CCC(C)C)CC1. The van der Waals surface area contributed by atoms with Crippen LogP contribution in [-0.2, 0) is 0 Å². The van der Waals surface area contributed by atoms with Crippen LogP contribution in [0.3, 0.4) is 0 Å². The summed E-state index contributed by atoms with van der Waals surface area (Å²) in [4.78, 5) is 17.1. The fourth-order valence-corrected chi connectivity index (χ4v) is 2.67. The molecule has 1 aliphatic rings. The Morgan fingerprint density at radius 3 is 2.48 bits per heavy atom. The van der Waals surface area contributed by atoms with Crippen molar-refractivity contribution in [3.63, 3.8) is 0 Å². The normalized spacial score (nSPS) is 16.3. The Morgan fingerprint density at radius 2 is 1.86 bits per heavy atom. The molecular formula is C17H27N3O. The van der Waals surface area contributed by atoms with Crippen molar-refractivity contribution in [2.45, 2.75) is 20.3 Å². The second kappa shape index (κ2) is 7.46. The molecule has 0 radical (unpaired) electrons. The number of carbonyl (C=O) groups is 1. The summed E-state index contributed by atoms with van der Waals surface area (Å²) >= 11 is 0. The van der Waals surface area contributed by atoms with Gasteiger partial charge < -0.3 is 10.2 Å². The first-order valence-corrected chi connectivity index (χ1v) is 7.90. The van der Waals surface area contributed by atoms with E-state index in [0.717, 1.165) is 49.9 Å². The van der Waals surface area contributed by atoms with E-state index in [1.165, 1.54) is 6.42 Å². The summed E-state index contributed by atoms with van der Waals surface area (Å²) < 4.78 is 0. The Labute approximate surface area is 128 Å². The van der Waals surface area contributed by atoms with E-state index >= 15 is 0 Å². The molecule has 4 nitrogen and oxygen atoms in total. The highest BCUT2D eigenvalue weighted by Crippen LogP contribution is 2.17. The maximum absolute atomic E-state index is 12.6. The third-order valence-corrected chi connectivity index (χ3v) is 4.11. The van der Waals surface area contributed by atoms with E-state index < -0.39 is 0 Å². The number of benzene rings is 1. The van der Waals surface area contributed by atoms with Gasteiger partial charge >= 0.3 is 0 Å². The summed E-state index contributed by atoms with van der Waals surface area (Å²) in [6.45, 7) is 9.29. The first-order chi connectivity index (χ1) is 10.1. The molecule has 2 rings (SSSR count). The molecule has 0 aromatic heterocycles. The van der Waals surface area contributed by atoms with E-state index in [-0.39, 0.29) is 5.91 Å². The van der Waals surface area contributed by atoms with Crippen molar-refractivity contribution in [2.75, 3.05) is 45.1 Å². The molecule has 116 valence electrons. The second-order valence-corrected chi connectivity index (χ2v) is 6.11. The first-order valence-electron chi connectivity index (χ1n) is 7.90. The highest BCUT2D eigenvalue weighted by atomic mass is 16.2. The molecule has 1 amide bonds. The van der Waals surface area contributed by atoms with E-state index in [0.29, 0.717) is 0 Å². The van der Waals surface area contributed by atoms with Crippen LogP contribution in [0.4, 0.5) is 5.69 Å². The smallest absolute Gasteiger partial charge is 0.256 e. The third-order valence-electron chi connectivity index (χ3n) is 4.11. The number of hydrogen-bond acceptors (Lipinski definition) is 3. The molecule has 1 aliphatic heterocycles. The number of hydrogen-bond donors (Lipinski definition) is 1. The van der Waals surface area contributed by atoms with Gasteiger partial charge in [-0.25, -0.2) is 0 Å². The molecule has 4 heteroatoms. The molecule has 0 unspecified atom stereocenters. The standard InChI is InChI=1S/C17H27N3O/c1-14(2)8-9-19-10-12-20(13-11-19)17(21)15-6-4-5-7-16(15)18-3/h4-7,14,18H,8-13H2,1-3H3. The molecule has 0 saturated carbocycles. The van der Waals surface area contributed by atoms with Crippen molar-refractivity contribution < 1.29 is 4.79 Å². The summed E-state index contributed by atoms with van der Waals surface area (Å²) in [5, 5.41) is 3.10. The van der Waals surface area contributed by atoms with E-state index in [9.17, 15) is 4.79 Å². The van der Waals surface area contributed by atoms with Crippen LogP contribution in [0.2, 0.25) is 0 Å². The molecule has 1 saturated heterocycles.